The summed E-state index contributed by atoms with van der Waals surface area (Å²) in [6, 6.07) is 5.21. The lowest BCUT2D eigenvalue weighted by molar-refractivity contribution is -0.137. The van der Waals surface area contributed by atoms with Gasteiger partial charge in [0.15, 0.2) is 0 Å². The number of nitrogens with zero attached hydrogens (tertiary/aromatic N) is 2. The average molecular weight is 311 g/mol. The van der Waals surface area contributed by atoms with E-state index in [-0.39, 0.29) is 0 Å². The maximum atomic E-state index is 12.6. The van der Waals surface area contributed by atoms with Crippen molar-refractivity contribution in [2.24, 2.45) is 5.73 Å². The molecule has 0 amide bonds. The third kappa shape index (κ3) is 3.68. The van der Waals surface area contributed by atoms with Gasteiger partial charge >= 0.3 is 6.18 Å². The normalized spacial score (nSPS) is 11.9. The van der Waals surface area contributed by atoms with E-state index in [4.69, 9.17) is 5.73 Å². The van der Waals surface area contributed by atoms with Crippen LogP contribution in [-0.2, 0) is 19.1 Å². The molecule has 2 rings (SSSR count). The SMILES string of the molecule is Cc1nn(Cc2ccc(C(F)(F)F)cc2)c(C)c1CCCN. The van der Waals surface area contributed by atoms with Gasteiger partial charge < -0.3 is 5.73 Å². The van der Waals surface area contributed by atoms with Crippen LogP contribution in [-0.4, -0.2) is 16.3 Å². The summed E-state index contributed by atoms with van der Waals surface area (Å²) < 4.78 is 39.5. The van der Waals surface area contributed by atoms with Crippen molar-refractivity contribution in [3.05, 3.63) is 52.3 Å². The summed E-state index contributed by atoms with van der Waals surface area (Å²) in [7, 11) is 0. The zero-order valence-corrected chi connectivity index (χ0v) is 12.7. The summed E-state index contributed by atoms with van der Waals surface area (Å²) in [4.78, 5) is 0. The molecule has 2 aromatic rings. The molecular formula is C16H20F3N3. The highest BCUT2D eigenvalue weighted by Crippen LogP contribution is 2.29. The van der Waals surface area contributed by atoms with E-state index in [2.05, 4.69) is 5.10 Å². The Morgan fingerprint density at radius 2 is 1.77 bits per heavy atom. The lowest BCUT2D eigenvalue weighted by Crippen LogP contribution is -2.07. The van der Waals surface area contributed by atoms with E-state index < -0.39 is 11.7 Å². The number of rotatable bonds is 5. The number of alkyl halides is 3. The predicted molar refractivity (Wildman–Crippen MR) is 79.6 cm³/mol. The first kappa shape index (κ1) is 16.5. The number of benzene rings is 1. The molecule has 1 heterocycles. The van der Waals surface area contributed by atoms with Crippen LogP contribution in [0, 0.1) is 13.8 Å². The van der Waals surface area contributed by atoms with Gasteiger partial charge in [-0.15, -0.1) is 0 Å². The van der Waals surface area contributed by atoms with Gasteiger partial charge in [-0.25, -0.2) is 0 Å². The first-order valence-corrected chi connectivity index (χ1v) is 7.22. The minimum Gasteiger partial charge on any atom is -0.330 e. The lowest BCUT2D eigenvalue weighted by Gasteiger charge is -2.09. The van der Waals surface area contributed by atoms with Gasteiger partial charge in [0.25, 0.3) is 0 Å². The highest BCUT2D eigenvalue weighted by molar-refractivity contribution is 5.28. The van der Waals surface area contributed by atoms with Crippen LogP contribution in [0.3, 0.4) is 0 Å². The summed E-state index contributed by atoms with van der Waals surface area (Å²) in [5.74, 6) is 0. The van der Waals surface area contributed by atoms with Crippen molar-refractivity contribution in [3.63, 3.8) is 0 Å². The summed E-state index contributed by atoms with van der Waals surface area (Å²) in [6.07, 6.45) is -2.53. The summed E-state index contributed by atoms with van der Waals surface area (Å²) in [5.41, 5.74) is 8.88. The Labute approximate surface area is 127 Å². The predicted octanol–water partition coefficient (Wildman–Crippen LogP) is 3.46. The number of halogens is 3. The van der Waals surface area contributed by atoms with E-state index in [9.17, 15) is 13.2 Å². The number of hydrogen-bond donors (Lipinski definition) is 1. The number of nitrogens with two attached hydrogens (primary N) is 1. The van der Waals surface area contributed by atoms with Crippen molar-refractivity contribution >= 4 is 0 Å². The monoisotopic (exact) mass is 311 g/mol. The molecule has 0 spiro atoms. The minimum atomic E-state index is -4.30. The maximum absolute atomic E-state index is 12.6. The zero-order valence-electron chi connectivity index (χ0n) is 12.7. The number of aryl methyl sites for hydroxylation is 1. The van der Waals surface area contributed by atoms with Gasteiger partial charge in [0.05, 0.1) is 17.8 Å². The van der Waals surface area contributed by atoms with Crippen LogP contribution < -0.4 is 5.73 Å². The smallest absolute Gasteiger partial charge is 0.330 e. The zero-order chi connectivity index (χ0) is 16.3. The first-order valence-electron chi connectivity index (χ1n) is 7.22. The van der Waals surface area contributed by atoms with Crippen LogP contribution in [0.4, 0.5) is 13.2 Å². The van der Waals surface area contributed by atoms with E-state index in [1.165, 1.54) is 17.7 Å². The van der Waals surface area contributed by atoms with Crippen molar-refractivity contribution in [3.8, 4) is 0 Å². The van der Waals surface area contributed by atoms with E-state index in [0.717, 1.165) is 41.9 Å². The molecule has 0 saturated heterocycles. The van der Waals surface area contributed by atoms with Crippen LogP contribution in [0.15, 0.2) is 24.3 Å². The molecule has 0 aliphatic heterocycles. The highest BCUT2D eigenvalue weighted by atomic mass is 19.4. The molecule has 0 fully saturated rings. The van der Waals surface area contributed by atoms with Crippen LogP contribution in [0.1, 0.15) is 34.5 Å². The van der Waals surface area contributed by atoms with Crippen LogP contribution in [0.5, 0.6) is 0 Å². The molecule has 0 atom stereocenters. The average Bonchev–Trinajstić information content (AvgIpc) is 2.71. The Balaban J connectivity index is 2.17. The Kier molecular flexibility index (Phi) is 4.90. The van der Waals surface area contributed by atoms with Crippen LogP contribution in [0.25, 0.3) is 0 Å². The highest BCUT2D eigenvalue weighted by Gasteiger charge is 2.29. The fourth-order valence-electron chi connectivity index (χ4n) is 2.50. The third-order valence-corrected chi connectivity index (χ3v) is 3.78. The Hall–Kier alpha value is -1.82. The molecule has 0 saturated carbocycles. The largest absolute Gasteiger partial charge is 0.416 e. The van der Waals surface area contributed by atoms with E-state index >= 15 is 0 Å². The molecule has 1 aromatic heterocycles. The quantitative estimate of drug-likeness (QED) is 0.919. The molecule has 0 aliphatic rings. The number of hydrogen-bond acceptors (Lipinski definition) is 2. The Morgan fingerprint density at radius 1 is 1.14 bits per heavy atom. The second kappa shape index (κ2) is 6.52. The molecular weight excluding hydrogens is 291 g/mol. The van der Waals surface area contributed by atoms with Crippen molar-refractivity contribution in [2.75, 3.05) is 6.54 Å². The van der Waals surface area contributed by atoms with E-state index in [0.29, 0.717) is 13.1 Å². The molecule has 1 aromatic carbocycles. The summed E-state index contributed by atoms with van der Waals surface area (Å²) >= 11 is 0. The van der Waals surface area contributed by atoms with Gasteiger partial charge in [-0.3, -0.25) is 4.68 Å². The number of aromatic nitrogens is 2. The second-order valence-corrected chi connectivity index (χ2v) is 5.39. The molecule has 0 bridgehead atoms. The molecule has 0 radical (unpaired) electrons. The lowest BCUT2D eigenvalue weighted by atomic mass is 10.1. The molecule has 120 valence electrons. The van der Waals surface area contributed by atoms with Crippen molar-refractivity contribution in [1.82, 2.24) is 9.78 Å². The van der Waals surface area contributed by atoms with Gasteiger partial charge in [-0.1, -0.05) is 12.1 Å². The third-order valence-electron chi connectivity index (χ3n) is 3.78. The second-order valence-electron chi connectivity index (χ2n) is 5.39. The standard InChI is InChI=1S/C16H20F3N3/c1-11-15(4-3-9-20)12(2)22(21-11)10-13-5-7-14(8-6-13)16(17,18)19/h5-8H,3-4,9-10,20H2,1-2H3. The van der Waals surface area contributed by atoms with Crippen LogP contribution >= 0.6 is 0 Å². The molecule has 2 N–H and O–H groups in total. The molecule has 0 aliphatic carbocycles. The molecule has 3 nitrogen and oxygen atoms in total. The first-order chi connectivity index (χ1) is 10.3. The van der Waals surface area contributed by atoms with Crippen molar-refractivity contribution in [2.45, 2.75) is 39.4 Å². The van der Waals surface area contributed by atoms with Gasteiger partial charge in [0.2, 0.25) is 0 Å². The van der Waals surface area contributed by atoms with Crippen molar-refractivity contribution in [1.29, 1.82) is 0 Å². The Morgan fingerprint density at radius 3 is 2.32 bits per heavy atom. The summed E-state index contributed by atoms with van der Waals surface area (Å²) in [5, 5.41) is 4.48. The van der Waals surface area contributed by atoms with Gasteiger partial charge in [-0.2, -0.15) is 18.3 Å². The van der Waals surface area contributed by atoms with E-state index in [1.54, 1.807) is 0 Å². The fraction of sp³-hybridized carbons (Fsp3) is 0.438. The molecule has 6 heteroatoms. The van der Waals surface area contributed by atoms with E-state index in [1.807, 2.05) is 18.5 Å². The minimum absolute atomic E-state index is 0.466. The van der Waals surface area contributed by atoms with Gasteiger partial charge in [0, 0.05) is 5.69 Å². The van der Waals surface area contributed by atoms with Gasteiger partial charge in [-0.05, 0) is 56.5 Å². The molecule has 0 unspecified atom stereocenters. The van der Waals surface area contributed by atoms with Crippen LogP contribution in [0.2, 0.25) is 0 Å². The van der Waals surface area contributed by atoms with Crippen molar-refractivity contribution < 1.29 is 13.2 Å². The molecule has 22 heavy (non-hydrogen) atoms. The van der Waals surface area contributed by atoms with Gasteiger partial charge in [0.1, 0.15) is 0 Å². The topological polar surface area (TPSA) is 43.8 Å². The summed E-state index contributed by atoms with van der Waals surface area (Å²) in [6.45, 7) is 5.02. The maximum Gasteiger partial charge on any atom is 0.416 e. The fourth-order valence-corrected chi connectivity index (χ4v) is 2.50. The Bertz CT molecular complexity index is 627.